The SMILES string of the molecule is COc1ccc(CCn2cc([C@@H]3CCN(C(=O)OC(C)(C)C)C[C@H]3OCc3ccccc3)nn2)cc1. The summed E-state index contributed by atoms with van der Waals surface area (Å²) in [6, 6.07) is 18.1. The predicted octanol–water partition coefficient (Wildman–Crippen LogP) is 4.84. The van der Waals surface area contributed by atoms with Crippen molar-refractivity contribution in [1.29, 1.82) is 0 Å². The van der Waals surface area contributed by atoms with E-state index in [0.717, 1.165) is 36.4 Å². The van der Waals surface area contributed by atoms with E-state index >= 15 is 0 Å². The van der Waals surface area contributed by atoms with Crippen molar-refractivity contribution in [2.24, 2.45) is 0 Å². The fraction of sp³-hybridized carbons (Fsp3) is 0.464. The smallest absolute Gasteiger partial charge is 0.410 e. The lowest BCUT2D eigenvalue weighted by Crippen LogP contribution is -2.48. The number of aryl methyl sites for hydroxylation is 2. The predicted molar refractivity (Wildman–Crippen MR) is 137 cm³/mol. The van der Waals surface area contributed by atoms with E-state index in [2.05, 4.69) is 22.4 Å². The van der Waals surface area contributed by atoms with Crippen LogP contribution in [-0.4, -0.2) is 57.9 Å². The first kappa shape index (κ1) is 25.7. The maximum absolute atomic E-state index is 12.7. The molecule has 4 rings (SSSR count). The van der Waals surface area contributed by atoms with Gasteiger partial charge in [0.05, 0.1) is 32.1 Å². The number of hydrogen-bond acceptors (Lipinski definition) is 6. The Kier molecular flexibility index (Phi) is 8.25. The Balaban J connectivity index is 1.43. The molecule has 1 aliphatic rings. The molecular formula is C28H36N4O4. The van der Waals surface area contributed by atoms with Crippen LogP contribution in [0.15, 0.2) is 60.8 Å². The van der Waals surface area contributed by atoms with Gasteiger partial charge in [0, 0.05) is 25.2 Å². The number of rotatable bonds is 8. The number of methoxy groups -OCH3 is 1. The zero-order chi connectivity index (χ0) is 25.5. The second-order valence-electron chi connectivity index (χ2n) is 10.2. The monoisotopic (exact) mass is 492 g/mol. The van der Waals surface area contributed by atoms with E-state index in [1.54, 1.807) is 12.0 Å². The van der Waals surface area contributed by atoms with E-state index < -0.39 is 5.60 Å². The standard InChI is InChI=1S/C28H36N4O4/c1-28(2,3)36-27(33)31-16-15-24(26(19-31)35-20-22-8-6-5-7-9-22)25-18-32(30-29-25)17-14-21-10-12-23(34-4)13-11-21/h5-13,18,24,26H,14-17,19-20H2,1-4H3/t24-,26+/m0/s1. The van der Waals surface area contributed by atoms with Crippen LogP contribution in [0.1, 0.15) is 49.9 Å². The van der Waals surface area contributed by atoms with Crippen LogP contribution in [0.25, 0.3) is 0 Å². The van der Waals surface area contributed by atoms with Crippen molar-refractivity contribution in [2.45, 2.75) is 64.4 Å². The van der Waals surface area contributed by atoms with E-state index in [4.69, 9.17) is 14.2 Å². The highest BCUT2D eigenvalue weighted by Gasteiger charge is 2.36. The zero-order valence-corrected chi connectivity index (χ0v) is 21.6. The van der Waals surface area contributed by atoms with E-state index in [1.165, 1.54) is 5.56 Å². The summed E-state index contributed by atoms with van der Waals surface area (Å²) in [5.74, 6) is 0.892. The molecule has 0 unspecified atom stereocenters. The van der Waals surface area contributed by atoms with Gasteiger partial charge in [-0.05, 0) is 56.9 Å². The number of hydrogen-bond donors (Lipinski definition) is 0. The first-order valence-corrected chi connectivity index (χ1v) is 12.5. The molecule has 36 heavy (non-hydrogen) atoms. The number of ether oxygens (including phenoxy) is 3. The lowest BCUT2D eigenvalue weighted by molar-refractivity contribution is -0.0366. The van der Waals surface area contributed by atoms with Gasteiger partial charge in [-0.25, -0.2) is 4.79 Å². The molecule has 1 saturated heterocycles. The number of carbonyl (C=O) groups excluding carboxylic acids is 1. The van der Waals surface area contributed by atoms with Crippen molar-refractivity contribution < 1.29 is 19.0 Å². The Morgan fingerprint density at radius 3 is 2.50 bits per heavy atom. The van der Waals surface area contributed by atoms with Gasteiger partial charge in [0.1, 0.15) is 11.4 Å². The van der Waals surface area contributed by atoms with Gasteiger partial charge >= 0.3 is 6.09 Å². The largest absolute Gasteiger partial charge is 0.497 e. The Morgan fingerprint density at radius 2 is 1.81 bits per heavy atom. The second kappa shape index (κ2) is 11.6. The summed E-state index contributed by atoms with van der Waals surface area (Å²) in [6.45, 7) is 7.87. The quantitative estimate of drug-likeness (QED) is 0.448. The number of amides is 1. The molecule has 1 aliphatic heterocycles. The molecule has 3 aromatic rings. The maximum atomic E-state index is 12.7. The number of likely N-dealkylation sites (tertiary alicyclic amines) is 1. The van der Waals surface area contributed by atoms with Crippen molar-refractivity contribution in [1.82, 2.24) is 19.9 Å². The van der Waals surface area contributed by atoms with Gasteiger partial charge in [0.25, 0.3) is 0 Å². The molecule has 0 radical (unpaired) electrons. The van der Waals surface area contributed by atoms with Crippen LogP contribution in [0.4, 0.5) is 4.79 Å². The molecule has 2 heterocycles. The molecule has 0 N–H and O–H groups in total. The minimum atomic E-state index is -0.541. The maximum Gasteiger partial charge on any atom is 0.410 e. The first-order chi connectivity index (χ1) is 17.3. The lowest BCUT2D eigenvalue weighted by atomic mass is 9.91. The van der Waals surface area contributed by atoms with Crippen LogP contribution in [0.3, 0.4) is 0 Å². The average molecular weight is 493 g/mol. The van der Waals surface area contributed by atoms with E-state index in [-0.39, 0.29) is 18.1 Å². The molecule has 2 atom stereocenters. The number of nitrogens with zero attached hydrogens (tertiary/aromatic N) is 4. The Morgan fingerprint density at radius 1 is 1.06 bits per heavy atom. The van der Waals surface area contributed by atoms with Gasteiger partial charge in [-0.3, -0.25) is 4.68 Å². The Hall–Kier alpha value is -3.39. The molecule has 8 nitrogen and oxygen atoms in total. The van der Waals surface area contributed by atoms with Gasteiger partial charge < -0.3 is 19.1 Å². The third-order valence-corrected chi connectivity index (χ3v) is 6.24. The number of carbonyl (C=O) groups is 1. The van der Waals surface area contributed by atoms with Crippen LogP contribution in [0.5, 0.6) is 5.75 Å². The normalized spacial score (nSPS) is 18.2. The van der Waals surface area contributed by atoms with Crippen LogP contribution < -0.4 is 4.74 Å². The fourth-order valence-corrected chi connectivity index (χ4v) is 4.32. The third-order valence-electron chi connectivity index (χ3n) is 6.24. The summed E-state index contributed by atoms with van der Waals surface area (Å²) in [6.07, 6.45) is 3.07. The lowest BCUT2D eigenvalue weighted by Gasteiger charge is -2.38. The van der Waals surface area contributed by atoms with E-state index in [0.29, 0.717) is 19.7 Å². The molecule has 8 heteroatoms. The van der Waals surface area contributed by atoms with Gasteiger partial charge in [-0.1, -0.05) is 47.7 Å². The Labute approximate surface area is 213 Å². The minimum Gasteiger partial charge on any atom is -0.497 e. The minimum absolute atomic E-state index is 0.0436. The highest BCUT2D eigenvalue weighted by Crippen LogP contribution is 2.30. The van der Waals surface area contributed by atoms with Crippen molar-refractivity contribution in [3.63, 3.8) is 0 Å². The summed E-state index contributed by atoms with van der Waals surface area (Å²) in [5.41, 5.74) is 2.66. The van der Waals surface area contributed by atoms with Crippen molar-refractivity contribution >= 4 is 6.09 Å². The number of benzene rings is 2. The van der Waals surface area contributed by atoms with Gasteiger partial charge in [0.15, 0.2) is 0 Å². The summed E-state index contributed by atoms with van der Waals surface area (Å²) in [4.78, 5) is 14.5. The highest BCUT2D eigenvalue weighted by molar-refractivity contribution is 5.68. The Bertz CT molecular complexity index is 1110. The summed E-state index contributed by atoms with van der Waals surface area (Å²) in [5, 5.41) is 8.87. The van der Waals surface area contributed by atoms with Gasteiger partial charge in [-0.2, -0.15) is 0 Å². The third kappa shape index (κ3) is 7.07. The fourth-order valence-electron chi connectivity index (χ4n) is 4.32. The van der Waals surface area contributed by atoms with Crippen molar-refractivity contribution in [2.75, 3.05) is 20.2 Å². The second-order valence-corrected chi connectivity index (χ2v) is 10.2. The van der Waals surface area contributed by atoms with Crippen LogP contribution >= 0.6 is 0 Å². The summed E-state index contributed by atoms with van der Waals surface area (Å²) < 4.78 is 19.1. The van der Waals surface area contributed by atoms with Crippen LogP contribution in [0, 0.1) is 0 Å². The molecule has 1 fully saturated rings. The molecule has 0 bridgehead atoms. The van der Waals surface area contributed by atoms with Crippen molar-refractivity contribution in [3.8, 4) is 5.75 Å². The van der Waals surface area contributed by atoms with Crippen molar-refractivity contribution in [3.05, 3.63) is 77.6 Å². The van der Waals surface area contributed by atoms with Gasteiger partial charge in [0.2, 0.25) is 0 Å². The van der Waals surface area contributed by atoms with E-state index in [1.807, 2.05) is 74.1 Å². The first-order valence-electron chi connectivity index (χ1n) is 12.5. The molecule has 1 aromatic heterocycles. The van der Waals surface area contributed by atoms with Crippen LogP contribution in [0.2, 0.25) is 0 Å². The molecule has 1 amide bonds. The molecule has 0 aliphatic carbocycles. The summed E-state index contributed by atoms with van der Waals surface area (Å²) >= 11 is 0. The topological polar surface area (TPSA) is 78.7 Å². The molecule has 192 valence electrons. The molecule has 2 aromatic carbocycles. The number of piperidine rings is 1. The van der Waals surface area contributed by atoms with E-state index in [9.17, 15) is 4.79 Å². The number of aromatic nitrogens is 3. The highest BCUT2D eigenvalue weighted by atomic mass is 16.6. The summed E-state index contributed by atoms with van der Waals surface area (Å²) in [7, 11) is 1.67. The van der Waals surface area contributed by atoms with Crippen LogP contribution in [-0.2, 0) is 29.0 Å². The zero-order valence-electron chi connectivity index (χ0n) is 21.6. The van der Waals surface area contributed by atoms with Gasteiger partial charge in [-0.15, -0.1) is 5.10 Å². The average Bonchev–Trinajstić information content (AvgIpc) is 3.35. The molecule has 0 spiro atoms. The molecular weight excluding hydrogens is 456 g/mol. The molecule has 0 saturated carbocycles.